The van der Waals surface area contributed by atoms with Crippen molar-refractivity contribution in [2.24, 2.45) is 11.8 Å². The lowest BCUT2D eigenvalue weighted by atomic mass is 9.74. The minimum absolute atomic E-state index is 0.0389. The third-order valence-corrected chi connectivity index (χ3v) is 12.0. The summed E-state index contributed by atoms with van der Waals surface area (Å²) < 4.78 is 38.0. The Morgan fingerprint density at radius 2 is 1.41 bits per heavy atom. The summed E-state index contributed by atoms with van der Waals surface area (Å²) in [6, 6.07) is 21.2. The van der Waals surface area contributed by atoms with Crippen LogP contribution in [-0.4, -0.2) is 33.6 Å². The Morgan fingerprint density at radius 3 is 1.83 bits per heavy atom. The van der Waals surface area contributed by atoms with Gasteiger partial charge in [0.2, 0.25) is 0 Å². The summed E-state index contributed by atoms with van der Waals surface area (Å²) in [6.45, 7) is 7.47. The van der Waals surface area contributed by atoms with E-state index in [1.165, 1.54) is 10.4 Å². The second-order valence-corrected chi connectivity index (χ2v) is 15.1. The monoisotopic (exact) mass is 432 g/mol. The lowest BCUT2D eigenvalue weighted by molar-refractivity contribution is 0.162. The van der Waals surface area contributed by atoms with Gasteiger partial charge in [-0.2, -0.15) is 8.42 Å². The standard InChI is InChI=1S/C23H32O4SSi/c1-23(2,3)29(21-10-6-4-7-11-21,22-12-8-5-9-13-22)27-15-14-19-16-20(17-19)18-28(24,25)26/h4-13,19-20H,14-18H2,1-3H3,(H,24,25,26)/t19-,20+. The molecule has 6 heteroatoms. The van der Waals surface area contributed by atoms with Crippen LogP contribution in [0.1, 0.15) is 40.0 Å². The van der Waals surface area contributed by atoms with Crippen molar-refractivity contribution in [3.63, 3.8) is 0 Å². The first-order valence-corrected chi connectivity index (χ1v) is 13.8. The van der Waals surface area contributed by atoms with E-state index in [-0.39, 0.29) is 16.7 Å². The molecule has 1 fully saturated rings. The summed E-state index contributed by atoms with van der Waals surface area (Å²) in [5.74, 6) is 0.446. The highest BCUT2D eigenvalue weighted by Crippen LogP contribution is 2.39. The third-order valence-electron chi connectivity index (χ3n) is 6.04. The van der Waals surface area contributed by atoms with Gasteiger partial charge in [-0.05, 0) is 46.5 Å². The minimum Gasteiger partial charge on any atom is -0.407 e. The molecule has 0 heterocycles. The molecule has 0 aliphatic heterocycles. The average molecular weight is 433 g/mol. The maximum absolute atomic E-state index is 11.0. The summed E-state index contributed by atoms with van der Waals surface area (Å²) >= 11 is 0. The predicted octanol–water partition coefficient (Wildman–Crippen LogP) is 3.87. The lowest BCUT2D eigenvalue weighted by Gasteiger charge is -2.44. The van der Waals surface area contributed by atoms with Crippen LogP contribution in [0.15, 0.2) is 60.7 Å². The van der Waals surface area contributed by atoms with Crippen molar-refractivity contribution in [2.45, 2.75) is 45.1 Å². The van der Waals surface area contributed by atoms with Crippen molar-refractivity contribution in [1.29, 1.82) is 0 Å². The fourth-order valence-corrected chi connectivity index (χ4v) is 10.1. The highest BCUT2D eigenvalue weighted by atomic mass is 32.2. The average Bonchev–Trinajstić information content (AvgIpc) is 2.62. The minimum atomic E-state index is -3.87. The quantitative estimate of drug-likeness (QED) is 0.508. The molecular formula is C23H32O4SSi. The highest BCUT2D eigenvalue weighted by Gasteiger charge is 2.50. The van der Waals surface area contributed by atoms with Crippen molar-refractivity contribution < 1.29 is 17.4 Å². The smallest absolute Gasteiger partial charge is 0.265 e. The molecule has 1 aliphatic carbocycles. The SMILES string of the molecule is CC(C)(C)[Si](OCC[C@H]1C[C@@H](CS(=O)(=O)O)C1)(c1ccccc1)c1ccccc1. The number of hydrogen-bond acceptors (Lipinski definition) is 3. The Labute approximate surface area is 176 Å². The second-order valence-electron chi connectivity index (χ2n) is 9.25. The van der Waals surface area contributed by atoms with Gasteiger partial charge >= 0.3 is 0 Å². The maximum atomic E-state index is 11.0. The molecular weight excluding hydrogens is 400 g/mol. The molecule has 4 nitrogen and oxygen atoms in total. The Hall–Kier alpha value is -1.47. The number of hydrogen-bond donors (Lipinski definition) is 1. The van der Waals surface area contributed by atoms with Gasteiger partial charge in [-0.25, -0.2) is 0 Å². The van der Waals surface area contributed by atoms with Crippen LogP contribution in [0.3, 0.4) is 0 Å². The Bertz CT molecular complexity index is 846. The first kappa shape index (κ1) is 22.2. The van der Waals surface area contributed by atoms with Gasteiger partial charge in [0, 0.05) is 6.61 Å². The van der Waals surface area contributed by atoms with E-state index >= 15 is 0 Å². The third kappa shape index (κ3) is 5.18. The zero-order valence-corrected chi connectivity index (χ0v) is 19.4. The van der Waals surface area contributed by atoms with Crippen molar-refractivity contribution in [3.8, 4) is 0 Å². The van der Waals surface area contributed by atoms with Crippen LogP contribution in [-0.2, 0) is 14.5 Å². The molecule has 2 aromatic carbocycles. The molecule has 3 rings (SSSR count). The van der Waals surface area contributed by atoms with Gasteiger partial charge in [-0.3, -0.25) is 4.55 Å². The van der Waals surface area contributed by atoms with Crippen molar-refractivity contribution in [2.75, 3.05) is 12.4 Å². The van der Waals surface area contributed by atoms with Gasteiger partial charge in [0.05, 0.1) is 5.75 Å². The summed E-state index contributed by atoms with van der Waals surface area (Å²) in [7, 11) is -6.36. The Kier molecular flexibility index (Phi) is 6.68. The van der Waals surface area contributed by atoms with Gasteiger partial charge in [-0.15, -0.1) is 0 Å². The van der Waals surface area contributed by atoms with Crippen LogP contribution in [0, 0.1) is 11.8 Å². The number of benzene rings is 2. The molecule has 0 saturated heterocycles. The maximum Gasteiger partial charge on any atom is 0.265 e. The van der Waals surface area contributed by atoms with E-state index in [0.717, 1.165) is 19.3 Å². The van der Waals surface area contributed by atoms with Crippen molar-refractivity contribution >= 4 is 28.8 Å². The zero-order chi connectivity index (χ0) is 21.1. The largest absolute Gasteiger partial charge is 0.407 e. The van der Waals surface area contributed by atoms with E-state index in [9.17, 15) is 8.42 Å². The molecule has 1 aliphatic rings. The Balaban J connectivity index is 1.77. The van der Waals surface area contributed by atoms with Crippen LogP contribution >= 0.6 is 0 Å². The van der Waals surface area contributed by atoms with Crippen molar-refractivity contribution in [1.82, 2.24) is 0 Å². The fourth-order valence-electron chi connectivity index (χ4n) is 4.68. The zero-order valence-electron chi connectivity index (χ0n) is 17.5. The second kappa shape index (κ2) is 8.72. The van der Waals surface area contributed by atoms with Gasteiger partial charge in [-0.1, -0.05) is 81.4 Å². The first-order valence-electron chi connectivity index (χ1n) is 10.3. The van der Waals surface area contributed by atoms with Gasteiger partial charge in [0.1, 0.15) is 0 Å². The van der Waals surface area contributed by atoms with Crippen LogP contribution in [0.5, 0.6) is 0 Å². The molecule has 0 amide bonds. The molecule has 29 heavy (non-hydrogen) atoms. The summed E-state index contributed by atoms with van der Waals surface area (Å²) in [5, 5.41) is 2.51. The van der Waals surface area contributed by atoms with E-state index in [1.807, 2.05) is 12.1 Å². The predicted molar refractivity (Wildman–Crippen MR) is 121 cm³/mol. The molecule has 2 aromatic rings. The van der Waals surface area contributed by atoms with Gasteiger partial charge in [0.15, 0.2) is 0 Å². The lowest BCUT2D eigenvalue weighted by Crippen LogP contribution is -2.66. The normalized spacial score (nSPS) is 20.3. The first-order chi connectivity index (χ1) is 13.6. The van der Waals surface area contributed by atoms with Crippen molar-refractivity contribution in [3.05, 3.63) is 60.7 Å². The molecule has 0 unspecified atom stereocenters. The molecule has 0 radical (unpaired) electrons. The molecule has 0 aromatic heterocycles. The van der Waals surface area contributed by atoms with E-state index in [0.29, 0.717) is 12.5 Å². The van der Waals surface area contributed by atoms with Crippen LogP contribution < -0.4 is 10.4 Å². The fraction of sp³-hybridized carbons (Fsp3) is 0.478. The highest BCUT2D eigenvalue weighted by molar-refractivity contribution is 7.85. The van der Waals surface area contributed by atoms with Crippen LogP contribution in [0.2, 0.25) is 5.04 Å². The summed E-state index contributed by atoms with van der Waals surface area (Å²) in [4.78, 5) is 0. The molecule has 1 saturated carbocycles. The van der Waals surface area contributed by atoms with Gasteiger partial charge < -0.3 is 4.43 Å². The van der Waals surface area contributed by atoms with E-state index in [4.69, 9.17) is 8.98 Å². The summed E-state index contributed by atoms with van der Waals surface area (Å²) in [6.07, 6.45) is 2.63. The van der Waals surface area contributed by atoms with E-state index in [1.54, 1.807) is 0 Å². The van der Waals surface area contributed by atoms with E-state index in [2.05, 4.69) is 69.3 Å². The molecule has 0 atom stereocenters. The Morgan fingerprint density at radius 1 is 0.931 bits per heavy atom. The van der Waals surface area contributed by atoms with Crippen LogP contribution in [0.25, 0.3) is 0 Å². The topological polar surface area (TPSA) is 63.6 Å². The molecule has 158 valence electrons. The molecule has 0 bridgehead atoms. The van der Waals surface area contributed by atoms with E-state index < -0.39 is 18.4 Å². The van der Waals surface area contributed by atoms with Crippen LogP contribution in [0.4, 0.5) is 0 Å². The molecule has 0 spiro atoms. The van der Waals surface area contributed by atoms with Gasteiger partial charge in [0.25, 0.3) is 18.4 Å². The summed E-state index contributed by atoms with van der Waals surface area (Å²) in [5.41, 5.74) is 0. The number of rotatable bonds is 8. The molecule has 1 N–H and O–H groups in total.